The molecule has 0 bridgehead atoms. The molecule has 1 atom stereocenters. The van der Waals surface area contributed by atoms with Gasteiger partial charge in [0.1, 0.15) is 0 Å². The average Bonchev–Trinajstić information content (AvgIpc) is 2.97. The third kappa shape index (κ3) is 2.38. The maximum atomic E-state index is 16.6. The molecule has 0 N–H and O–H groups in total. The van der Waals surface area contributed by atoms with Crippen molar-refractivity contribution < 1.29 is 26.7 Å². The van der Waals surface area contributed by atoms with Crippen molar-refractivity contribution in [2.75, 3.05) is 0 Å². The van der Waals surface area contributed by atoms with Gasteiger partial charge in [0.15, 0.2) is 0 Å². The van der Waals surface area contributed by atoms with E-state index in [4.69, 9.17) is 0 Å². The molecule has 0 fully saturated rings. The van der Waals surface area contributed by atoms with Crippen LogP contribution in [-0.4, -0.2) is 0 Å². The summed E-state index contributed by atoms with van der Waals surface area (Å²) in [5.74, 6) is 0. The molecule has 0 spiro atoms. The van der Waals surface area contributed by atoms with Crippen LogP contribution >= 0.6 is 0 Å². The number of benzene rings is 1. The molecule has 0 heterocycles. The van der Waals surface area contributed by atoms with Gasteiger partial charge in [0.05, 0.1) is 0 Å². The topological polar surface area (TPSA) is 0 Å². The van der Waals surface area contributed by atoms with Crippen LogP contribution in [0.2, 0.25) is 3.12 Å². The maximum absolute atomic E-state index is 16.6. The summed E-state index contributed by atoms with van der Waals surface area (Å²) in [6.07, 6.45) is 2.53. The van der Waals surface area contributed by atoms with Gasteiger partial charge in [0.2, 0.25) is 0 Å². The van der Waals surface area contributed by atoms with E-state index in [1.54, 1.807) is 0 Å². The predicted octanol–water partition coefficient (Wildman–Crippen LogP) is 7.94. The van der Waals surface area contributed by atoms with Crippen molar-refractivity contribution in [2.45, 2.75) is 68.6 Å². The minimum absolute atomic E-state index is 0.506. The third-order valence-electron chi connectivity index (χ3n) is 7.13. The summed E-state index contributed by atoms with van der Waals surface area (Å²) in [4.78, 5) is 0. The van der Waals surface area contributed by atoms with E-state index in [0.717, 1.165) is 50.1 Å². The molecule has 0 aromatic heterocycles. The second-order valence-electron chi connectivity index (χ2n) is 8.29. The Kier molecular flexibility index (Phi) is 4.88. The first-order valence-corrected chi connectivity index (χ1v) is 14.0. The van der Waals surface area contributed by atoms with Crippen molar-refractivity contribution in [2.24, 2.45) is 0 Å². The Hall–Kier alpha value is -0.817. The number of hydrogen-bond donors (Lipinski definition) is 0. The summed E-state index contributed by atoms with van der Waals surface area (Å²) in [7, 11) is 0. The molecule has 0 amide bonds. The van der Waals surface area contributed by atoms with Crippen LogP contribution < -0.4 is 0 Å². The molecule has 0 saturated heterocycles. The monoisotopic (exact) mass is 434 g/mol. The zero-order valence-electron chi connectivity index (χ0n) is 17.3. The second kappa shape index (κ2) is 6.37. The van der Waals surface area contributed by atoms with E-state index in [-0.39, 0.29) is 0 Å². The Bertz CT molecular complexity index is 860. The van der Waals surface area contributed by atoms with Crippen LogP contribution in [0.25, 0.3) is 6.08 Å². The molecule has 3 rings (SSSR count). The quantitative estimate of drug-likeness (QED) is 0.452. The Morgan fingerprint density at radius 3 is 1.96 bits per heavy atom. The third-order valence-corrected chi connectivity index (χ3v) is 16.3. The molecular formula is C23H30F2Zr. The number of fused-ring (bicyclic) bond motifs is 1. The van der Waals surface area contributed by atoms with Crippen LogP contribution in [0.1, 0.15) is 73.8 Å². The van der Waals surface area contributed by atoms with E-state index in [2.05, 4.69) is 6.07 Å². The second-order valence-corrected chi connectivity index (χ2v) is 14.9. The molecule has 1 unspecified atom stereocenters. The zero-order chi connectivity index (χ0) is 19.6. The van der Waals surface area contributed by atoms with Crippen molar-refractivity contribution in [3.8, 4) is 0 Å². The summed E-state index contributed by atoms with van der Waals surface area (Å²) < 4.78 is 31.6. The van der Waals surface area contributed by atoms with Gasteiger partial charge in [0.25, 0.3) is 0 Å². The fourth-order valence-corrected chi connectivity index (χ4v) is 14.4. The Morgan fingerprint density at radius 1 is 0.923 bits per heavy atom. The predicted molar refractivity (Wildman–Crippen MR) is 104 cm³/mol. The fraction of sp³-hybridized carbons (Fsp3) is 0.478. The molecule has 2 aliphatic rings. The van der Waals surface area contributed by atoms with Gasteiger partial charge in [-0.25, -0.2) is 0 Å². The fourth-order valence-electron chi connectivity index (χ4n) is 5.48. The first kappa shape index (κ1) is 19.9. The van der Waals surface area contributed by atoms with Gasteiger partial charge >= 0.3 is 164 Å². The van der Waals surface area contributed by atoms with Crippen molar-refractivity contribution >= 4 is 6.08 Å². The molecular weight excluding hydrogens is 405 g/mol. The summed E-state index contributed by atoms with van der Waals surface area (Å²) in [6, 6.07) is 4.12. The molecule has 26 heavy (non-hydrogen) atoms. The van der Waals surface area contributed by atoms with E-state index in [9.17, 15) is 0 Å². The van der Waals surface area contributed by atoms with Crippen molar-refractivity contribution in [3.63, 3.8) is 0 Å². The summed E-state index contributed by atoms with van der Waals surface area (Å²) >= 11 is -5.70. The molecule has 3 heteroatoms. The normalized spacial score (nSPS) is 22.2. The van der Waals surface area contributed by atoms with Gasteiger partial charge < -0.3 is 0 Å². The number of aryl methyl sites for hydroxylation is 2. The first-order valence-electron chi connectivity index (χ1n) is 9.54. The Morgan fingerprint density at radius 2 is 1.46 bits per heavy atom. The number of hydrogen-bond acceptors (Lipinski definition) is 0. The molecule has 1 aromatic carbocycles. The number of halogens is 2. The standard InChI is InChI=1S/C12H13.C11H17.2FH.Zr/c1-8-4-10(3)12-7-9(2)6-11(12)5-8;1-6-11-9(4)7(2)8(3)10(11)5;;;/h4-7H,1-3H3;6H2,1-5H3;2*1H;/q;;;;+2/p-2. The SMILES string of the molecule is CC[C]1([Zr]([F])([F])[CH]2C(C)=Cc3c(C)cc(C)cc32)C(C)=C(C)C(C)=C1C. The van der Waals surface area contributed by atoms with E-state index in [1.165, 1.54) is 0 Å². The minimum atomic E-state index is -5.70. The first-order chi connectivity index (χ1) is 12.0. The van der Waals surface area contributed by atoms with Gasteiger partial charge in [-0.05, 0) is 0 Å². The molecule has 2 aliphatic carbocycles. The summed E-state index contributed by atoms with van der Waals surface area (Å²) in [6.45, 7) is 15.9. The molecule has 0 nitrogen and oxygen atoms in total. The van der Waals surface area contributed by atoms with E-state index < -0.39 is 28.2 Å². The van der Waals surface area contributed by atoms with Crippen LogP contribution in [0, 0.1) is 13.8 Å². The summed E-state index contributed by atoms with van der Waals surface area (Å²) in [5, 5.41) is 0. The number of rotatable bonds is 3. The van der Waals surface area contributed by atoms with Gasteiger partial charge in [-0.2, -0.15) is 0 Å². The molecule has 0 aliphatic heterocycles. The Labute approximate surface area is 163 Å². The van der Waals surface area contributed by atoms with E-state index in [0.29, 0.717) is 6.42 Å². The van der Waals surface area contributed by atoms with Crippen LogP contribution in [0.4, 0.5) is 5.25 Å². The molecule has 1 aromatic rings. The van der Waals surface area contributed by atoms with Crippen LogP contribution in [0.5, 0.6) is 0 Å². The van der Waals surface area contributed by atoms with Gasteiger partial charge in [0, 0.05) is 0 Å². The van der Waals surface area contributed by atoms with Crippen LogP contribution in [-0.2, 0) is 21.5 Å². The van der Waals surface area contributed by atoms with Crippen LogP contribution in [0.15, 0.2) is 40.0 Å². The van der Waals surface area contributed by atoms with Crippen molar-refractivity contribution in [1.29, 1.82) is 0 Å². The Balaban J connectivity index is 2.27. The van der Waals surface area contributed by atoms with Crippen LogP contribution in [0.3, 0.4) is 0 Å². The van der Waals surface area contributed by atoms with Gasteiger partial charge in [-0.1, -0.05) is 0 Å². The molecule has 0 saturated carbocycles. The number of allylic oxidation sites excluding steroid dienone is 5. The zero-order valence-corrected chi connectivity index (χ0v) is 19.7. The van der Waals surface area contributed by atoms with E-state index in [1.807, 2.05) is 67.5 Å². The molecule has 140 valence electrons. The van der Waals surface area contributed by atoms with Gasteiger partial charge in [-0.15, -0.1) is 0 Å². The van der Waals surface area contributed by atoms with Crippen molar-refractivity contribution in [1.82, 2.24) is 0 Å². The van der Waals surface area contributed by atoms with Gasteiger partial charge in [-0.3, -0.25) is 0 Å². The summed E-state index contributed by atoms with van der Waals surface area (Å²) in [5.41, 5.74) is 9.02. The van der Waals surface area contributed by atoms with E-state index >= 15 is 5.25 Å². The average molecular weight is 436 g/mol. The van der Waals surface area contributed by atoms with Crippen molar-refractivity contribution in [3.05, 3.63) is 62.3 Å². The molecule has 0 radical (unpaired) electrons.